The Balaban J connectivity index is 1.94. The maximum Gasteiger partial charge on any atom is 0.282 e. The highest BCUT2D eigenvalue weighted by Crippen LogP contribution is 2.23. The smallest absolute Gasteiger partial charge is 0.267 e. The van der Waals surface area contributed by atoms with E-state index in [0.29, 0.717) is 5.69 Å². The van der Waals surface area contributed by atoms with Crippen LogP contribution in [0.4, 0.5) is 5.69 Å². The Labute approximate surface area is 128 Å². The predicted octanol–water partition coefficient (Wildman–Crippen LogP) is 2.16. The van der Waals surface area contributed by atoms with Crippen LogP contribution >= 0.6 is 0 Å². The minimum Gasteiger partial charge on any atom is -0.267 e. The molecular weight excluding hydrogens is 278 g/mol. The molecule has 0 saturated carbocycles. The van der Waals surface area contributed by atoms with Crippen molar-refractivity contribution in [2.75, 3.05) is 5.01 Å². The molecular formula is C17H15N3O2. The zero-order valence-corrected chi connectivity index (χ0v) is 12.3. The average molecular weight is 293 g/mol. The van der Waals surface area contributed by atoms with Crippen LogP contribution in [0.2, 0.25) is 0 Å². The van der Waals surface area contributed by atoms with Gasteiger partial charge in [0.05, 0.1) is 5.69 Å². The molecule has 1 aliphatic heterocycles. The number of nitrogens with zero attached hydrogens (tertiary/aromatic N) is 2. The largest absolute Gasteiger partial charge is 0.282 e. The third-order valence-corrected chi connectivity index (χ3v) is 3.66. The van der Waals surface area contributed by atoms with E-state index in [4.69, 9.17) is 0 Å². The summed E-state index contributed by atoms with van der Waals surface area (Å²) in [6, 6.07) is 9.10. The Kier molecular flexibility index (Phi) is 3.47. The molecule has 1 aliphatic rings. The van der Waals surface area contributed by atoms with Crippen LogP contribution in [0.3, 0.4) is 0 Å². The van der Waals surface area contributed by atoms with Crippen molar-refractivity contribution in [2.45, 2.75) is 13.8 Å². The highest BCUT2D eigenvalue weighted by Gasteiger charge is 2.34. The van der Waals surface area contributed by atoms with E-state index in [1.54, 1.807) is 30.6 Å². The number of benzene rings is 1. The third kappa shape index (κ3) is 2.48. The summed E-state index contributed by atoms with van der Waals surface area (Å²) in [5.41, 5.74) is 6.32. The van der Waals surface area contributed by atoms with Crippen molar-refractivity contribution in [1.29, 1.82) is 0 Å². The summed E-state index contributed by atoms with van der Waals surface area (Å²) in [4.78, 5) is 28.5. The molecule has 1 saturated heterocycles. The van der Waals surface area contributed by atoms with E-state index >= 15 is 0 Å². The van der Waals surface area contributed by atoms with E-state index < -0.39 is 5.91 Å². The van der Waals surface area contributed by atoms with Crippen molar-refractivity contribution < 1.29 is 9.59 Å². The van der Waals surface area contributed by atoms with Gasteiger partial charge in [0.25, 0.3) is 11.8 Å². The Hall–Kier alpha value is -2.95. The average Bonchev–Trinajstić information content (AvgIpc) is 2.79. The summed E-state index contributed by atoms with van der Waals surface area (Å²) in [5.74, 6) is -0.759. The van der Waals surface area contributed by atoms with Gasteiger partial charge in [0.15, 0.2) is 0 Å². The van der Waals surface area contributed by atoms with Gasteiger partial charge in [0.2, 0.25) is 0 Å². The summed E-state index contributed by atoms with van der Waals surface area (Å²) in [5, 5.41) is 1.28. The number of carbonyl (C=O) groups excluding carboxylic acids is 2. The van der Waals surface area contributed by atoms with Crippen molar-refractivity contribution in [1.82, 2.24) is 10.4 Å². The van der Waals surface area contributed by atoms with Gasteiger partial charge in [0.1, 0.15) is 5.57 Å². The lowest BCUT2D eigenvalue weighted by atomic mass is 10.1. The van der Waals surface area contributed by atoms with Gasteiger partial charge >= 0.3 is 0 Å². The van der Waals surface area contributed by atoms with Gasteiger partial charge in [-0.25, -0.2) is 5.01 Å². The fourth-order valence-corrected chi connectivity index (χ4v) is 2.23. The summed E-state index contributed by atoms with van der Waals surface area (Å²) in [6.45, 7) is 3.97. The monoisotopic (exact) mass is 293 g/mol. The normalized spacial score (nSPS) is 16.3. The third-order valence-electron chi connectivity index (χ3n) is 3.66. The first-order valence-electron chi connectivity index (χ1n) is 6.90. The molecule has 0 aliphatic carbocycles. The van der Waals surface area contributed by atoms with Gasteiger partial charge in [0, 0.05) is 12.4 Å². The Morgan fingerprint density at radius 2 is 1.77 bits per heavy atom. The molecule has 0 spiro atoms. The first kappa shape index (κ1) is 14.0. The van der Waals surface area contributed by atoms with Crippen LogP contribution in [0.25, 0.3) is 6.08 Å². The quantitative estimate of drug-likeness (QED) is 0.682. The molecule has 5 heteroatoms. The van der Waals surface area contributed by atoms with Crippen molar-refractivity contribution in [3.63, 3.8) is 0 Å². The standard InChI is InChI=1S/C17H15N3O2/c1-11-3-4-14(9-12(11)2)20-17(22)15(16(21)19-20)10-13-5-7-18-8-6-13/h3-10H,1-2H3,(H,19,21)/b15-10-. The number of hydrogen-bond donors (Lipinski definition) is 1. The van der Waals surface area contributed by atoms with E-state index in [2.05, 4.69) is 10.4 Å². The SMILES string of the molecule is Cc1ccc(N2NC(=O)/C(=C/c3ccncc3)C2=O)cc1C. The van der Waals surface area contributed by atoms with Crippen LogP contribution in [-0.2, 0) is 9.59 Å². The number of hydrazine groups is 1. The van der Waals surface area contributed by atoms with Crippen molar-refractivity contribution >= 4 is 23.6 Å². The van der Waals surface area contributed by atoms with Crippen LogP contribution < -0.4 is 10.4 Å². The van der Waals surface area contributed by atoms with Gasteiger partial charge in [-0.3, -0.25) is 20.0 Å². The lowest BCUT2D eigenvalue weighted by Crippen LogP contribution is -2.35. The summed E-state index contributed by atoms with van der Waals surface area (Å²) in [6.07, 6.45) is 4.80. The Bertz CT molecular complexity index is 782. The zero-order valence-electron chi connectivity index (χ0n) is 12.3. The number of anilines is 1. The molecule has 2 heterocycles. The maximum atomic E-state index is 12.5. The second kappa shape index (κ2) is 5.44. The number of rotatable bonds is 2. The molecule has 3 rings (SSSR count). The van der Waals surface area contributed by atoms with Crippen molar-refractivity contribution in [3.05, 3.63) is 65.0 Å². The summed E-state index contributed by atoms with van der Waals surface area (Å²) in [7, 11) is 0. The topological polar surface area (TPSA) is 62.3 Å². The second-order valence-corrected chi connectivity index (χ2v) is 5.19. The molecule has 1 fully saturated rings. The van der Waals surface area contributed by atoms with Crippen LogP contribution in [-0.4, -0.2) is 16.8 Å². The first-order chi connectivity index (χ1) is 10.6. The second-order valence-electron chi connectivity index (χ2n) is 5.19. The number of nitrogens with one attached hydrogen (secondary N) is 1. The van der Waals surface area contributed by atoms with E-state index in [1.165, 1.54) is 5.01 Å². The van der Waals surface area contributed by atoms with Crippen LogP contribution in [0.15, 0.2) is 48.3 Å². The number of aromatic nitrogens is 1. The lowest BCUT2D eigenvalue weighted by molar-refractivity contribution is -0.117. The van der Waals surface area contributed by atoms with E-state index in [1.807, 2.05) is 32.0 Å². The fraction of sp³-hybridized carbons (Fsp3) is 0.118. The van der Waals surface area contributed by atoms with Crippen molar-refractivity contribution in [3.8, 4) is 0 Å². The van der Waals surface area contributed by atoms with Crippen LogP contribution in [0.5, 0.6) is 0 Å². The van der Waals surface area contributed by atoms with E-state index in [-0.39, 0.29) is 11.5 Å². The van der Waals surface area contributed by atoms with Crippen LogP contribution in [0.1, 0.15) is 16.7 Å². The van der Waals surface area contributed by atoms with Crippen LogP contribution in [0, 0.1) is 13.8 Å². The zero-order chi connectivity index (χ0) is 15.7. The minimum absolute atomic E-state index is 0.115. The molecule has 5 nitrogen and oxygen atoms in total. The molecule has 0 radical (unpaired) electrons. The molecule has 22 heavy (non-hydrogen) atoms. The molecule has 1 aromatic carbocycles. The lowest BCUT2D eigenvalue weighted by Gasteiger charge is -2.15. The Morgan fingerprint density at radius 1 is 1.05 bits per heavy atom. The highest BCUT2D eigenvalue weighted by atomic mass is 16.2. The molecule has 0 unspecified atom stereocenters. The fourth-order valence-electron chi connectivity index (χ4n) is 2.23. The van der Waals surface area contributed by atoms with E-state index in [9.17, 15) is 9.59 Å². The minimum atomic E-state index is -0.403. The number of aryl methyl sites for hydroxylation is 2. The van der Waals surface area contributed by atoms with Gasteiger partial charge in [-0.2, -0.15) is 0 Å². The van der Waals surface area contributed by atoms with Gasteiger partial charge in [-0.05, 0) is 60.9 Å². The summed E-state index contributed by atoms with van der Waals surface area (Å²) < 4.78 is 0. The molecule has 0 atom stereocenters. The number of pyridine rings is 1. The highest BCUT2D eigenvalue weighted by molar-refractivity contribution is 6.31. The van der Waals surface area contributed by atoms with Gasteiger partial charge < -0.3 is 0 Å². The van der Waals surface area contributed by atoms with Gasteiger partial charge in [-0.15, -0.1) is 0 Å². The molecule has 2 amide bonds. The summed E-state index contributed by atoms with van der Waals surface area (Å²) >= 11 is 0. The predicted molar refractivity (Wildman–Crippen MR) is 83.8 cm³/mol. The molecule has 110 valence electrons. The number of amides is 2. The van der Waals surface area contributed by atoms with Gasteiger partial charge in [-0.1, -0.05) is 6.07 Å². The van der Waals surface area contributed by atoms with Crippen molar-refractivity contribution in [2.24, 2.45) is 0 Å². The maximum absolute atomic E-state index is 12.5. The molecule has 2 aromatic rings. The number of carbonyl (C=O) groups is 2. The molecule has 1 aromatic heterocycles. The Morgan fingerprint density at radius 3 is 2.45 bits per heavy atom. The number of hydrogen-bond acceptors (Lipinski definition) is 3. The first-order valence-corrected chi connectivity index (χ1v) is 6.90. The van der Waals surface area contributed by atoms with E-state index in [0.717, 1.165) is 16.7 Å². The molecule has 1 N–H and O–H groups in total. The molecule has 0 bridgehead atoms.